The van der Waals surface area contributed by atoms with Crippen molar-refractivity contribution >= 4 is 0 Å². The fourth-order valence-electron chi connectivity index (χ4n) is 3.44. The zero-order valence-electron chi connectivity index (χ0n) is 16.4. The molecular weight excluding hydrogens is 332 g/mol. The summed E-state index contributed by atoms with van der Waals surface area (Å²) in [4.78, 5) is 0. The molecule has 0 bridgehead atoms. The zero-order valence-corrected chi connectivity index (χ0v) is 16.4. The topological polar surface area (TPSA) is 56.7 Å². The molecule has 0 radical (unpaired) electrons. The van der Waals surface area contributed by atoms with Crippen LogP contribution in [0.3, 0.4) is 0 Å². The lowest BCUT2D eigenvalue weighted by molar-refractivity contribution is 0.391. The normalized spacial score (nSPS) is 11.7. The summed E-state index contributed by atoms with van der Waals surface area (Å²) in [5, 5.41) is 8.22. The van der Waals surface area contributed by atoms with Crippen molar-refractivity contribution in [1.29, 1.82) is 0 Å². The summed E-state index contributed by atoms with van der Waals surface area (Å²) in [6, 6.07) is 17.2. The summed E-state index contributed by atoms with van der Waals surface area (Å²) < 4.78 is 1.75. The minimum atomic E-state index is -0.872. The van der Waals surface area contributed by atoms with Gasteiger partial charge in [-0.05, 0) is 47.9 Å². The minimum Gasteiger partial charge on any atom is -0.299 e. The Labute approximate surface area is 162 Å². The molecule has 3 aromatic rings. The highest BCUT2D eigenvalue weighted by Gasteiger charge is 2.32. The maximum Gasteiger partial charge on any atom is 0.163 e. The van der Waals surface area contributed by atoms with Crippen LogP contribution in [0.4, 0.5) is 0 Å². The van der Waals surface area contributed by atoms with E-state index in [0.29, 0.717) is 0 Å². The van der Waals surface area contributed by atoms with Crippen LogP contribution < -0.4 is 5.73 Å². The van der Waals surface area contributed by atoms with Gasteiger partial charge in [0.05, 0.1) is 6.20 Å². The summed E-state index contributed by atoms with van der Waals surface area (Å²) in [5.74, 6) is 0. The monoisotopic (exact) mass is 362 g/mol. The predicted molar refractivity (Wildman–Crippen MR) is 110 cm³/mol. The molecule has 0 aliphatic rings. The average Bonchev–Trinajstić information content (AvgIpc) is 3.26. The lowest BCUT2D eigenvalue weighted by Crippen LogP contribution is -2.45. The van der Waals surface area contributed by atoms with Gasteiger partial charge in [0.1, 0.15) is 0 Å². The van der Waals surface area contributed by atoms with Crippen molar-refractivity contribution in [2.45, 2.75) is 58.0 Å². The molecule has 1 heterocycles. The Morgan fingerprint density at radius 3 is 1.67 bits per heavy atom. The van der Waals surface area contributed by atoms with Crippen molar-refractivity contribution in [2.75, 3.05) is 0 Å². The van der Waals surface area contributed by atoms with Gasteiger partial charge >= 0.3 is 0 Å². The van der Waals surface area contributed by atoms with E-state index in [0.717, 1.165) is 24.0 Å². The average molecular weight is 363 g/mol. The molecular formula is C23H30N4. The standard InChI is InChI=1S/C23H30N4/c1-3-5-7-19-9-13-21(14-10-19)23(24,27-18-17-25-26-27)22-15-11-20(12-16-22)8-6-4-2/h9-18H,3-8,24H2,1-2H3. The number of benzene rings is 2. The van der Waals surface area contributed by atoms with E-state index in [1.54, 1.807) is 10.9 Å². The van der Waals surface area contributed by atoms with Crippen LogP contribution in [0.25, 0.3) is 0 Å². The first-order valence-electron chi connectivity index (χ1n) is 10.0. The lowest BCUT2D eigenvalue weighted by Gasteiger charge is -2.31. The van der Waals surface area contributed by atoms with Crippen LogP contribution in [-0.4, -0.2) is 15.0 Å². The fraction of sp³-hybridized carbons (Fsp3) is 0.391. The summed E-state index contributed by atoms with van der Waals surface area (Å²) >= 11 is 0. The van der Waals surface area contributed by atoms with Crippen LogP contribution >= 0.6 is 0 Å². The third kappa shape index (κ3) is 4.28. The molecule has 0 saturated heterocycles. The van der Waals surface area contributed by atoms with Crippen LogP contribution in [-0.2, 0) is 18.5 Å². The highest BCUT2D eigenvalue weighted by molar-refractivity contribution is 5.40. The number of aryl methyl sites for hydroxylation is 2. The van der Waals surface area contributed by atoms with E-state index in [9.17, 15) is 0 Å². The van der Waals surface area contributed by atoms with Gasteiger partial charge in [0, 0.05) is 6.20 Å². The molecule has 142 valence electrons. The highest BCUT2D eigenvalue weighted by atomic mass is 15.5. The second kappa shape index (κ2) is 8.96. The molecule has 27 heavy (non-hydrogen) atoms. The number of hydrogen-bond acceptors (Lipinski definition) is 3. The molecule has 2 N–H and O–H groups in total. The Morgan fingerprint density at radius 1 is 0.815 bits per heavy atom. The first-order valence-corrected chi connectivity index (χ1v) is 10.0. The molecule has 4 nitrogen and oxygen atoms in total. The van der Waals surface area contributed by atoms with Gasteiger partial charge in [0.15, 0.2) is 5.66 Å². The summed E-state index contributed by atoms with van der Waals surface area (Å²) in [7, 11) is 0. The zero-order chi connectivity index (χ0) is 19.1. The van der Waals surface area contributed by atoms with Crippen LogP contribution in [0, 0.1) is 0 Å². The van der Waals surface area contributed by atoms with Gasteiger partial charge in [-0.15, -0.1) is 5.10 Å². The van der Waals surface area contributed by atoms with Gasteiger partial charge in [-0.25, -0.2) is 4.68 Å². The van der Waals surface area contributed by atoms with E-state index in [1.807, 2.05) is 6.20 Å². The number of nitrogens with zero attached hydrogens (tertiary/aromatic N) is 3. The number of unbranched alkanes of at least 4 members (excludes halogenated alkanes) is 2. The van der Waals surface area contributed by atoms with Crippen LogP contribution in [0.5, 0.6) is 0 Å². The van der Waals surface area contributed by atoms with E-state index in [4.69, 9.17) is 5.73 Å². The van der Waals surface area contributed by atoms with E-state index >= 15 is 0 Å². The highest BCUT2D eigenvalue weighted by Crippen LogP contribution is 2.29. The number of hydrogen-bond donors (Lipinski definition) is 1. The second-order valence-corrected chi connectivity index (χ2v) is 7.21. The Balaban J connectivity index is 1.95. The first kappa shape index (κ1) is 19.3. The maximum atomic E-state index is 6.97. The van der Waals surface area contributed by atoms with Crippen molar-refractivity contribution in [3.63, 3.8) is 0 Å². The van der Waals surface area contributed by atoms with E-state index < -0.39 is 5.66 Å². The largest absolute Gasteiger partial charge is 0.299 e. The Morgan fingerprint density at radius 2 is 1.30 bits per heavy atom. The Kier molecular flexibility index (Phi) is 6.40. The van der Waals surface area contributed by atoms with Crippen LogP contribution in [0.2, 0.25) is 0 Å². The predicted octanol–water partition coefficient (Wildman–Crippen LogP) is 4.67. The van der Waals surface area contributed by atoms with Gasteiger partial charge in [-0.1, -0.05) is 80.4 Å². The summed E-state index contributed by atoms with van der Waals surface area (Å²) in [6.45, 7) is 4.43. The van der Waals surface area contributed by atoms with Crippen molar-refractivity contribution < 1.29 is 0 Å². The van der Waals surface area contributed by atoms with Crippen molar-refractivity contribution in [1.82, 2.24) is 15.0 Å². The molecule has 0 fully saturated rings. The van der Waals surface area contributed by atoms with Crippen molar-refractivity contribution in [3.8, 4) is 0 Å². The number of rotatable bonds is 9. The Hall–Kier alpha value is -2.46. The molecule has 0 saturated carbocycles. The minimum absolute atomic E-state index is 0.872. The quantitative estimate of drug-likeness (QED) is 0.602. The van der Waals surface area contributed by atoms with Gasteiger partial charge in [0.2, 0.25) is 0 Å². The first-order chi connectivity index (χ1) is 13.2. The third-order valence-electron chi connectivity index (χ3n) is 5.21. The van der Waals surface area contributed by atoms with E-state index in [2.05, 4.69) is 72.7 Å². The molecule has 2 aromatic carbocycles. The molecule has 0 aliphatic heterocycles. The lowest BCUT2D eigenvalue weighted by atomic mass is 9.90. The second-order valence-electron chi connectivity index (χ2n) is 7.21. The van der Waals surface area contributed by atoms with E-state index in [1.165, 1.54) is 36.8 Å². The van der Waals surface area contributed by atoms with Gasteiger partial charge in [-0.3, -0.25) is 5.73 Å². The smallest absolute Gasteiger partial charge is 0.163 e. The van der Waals surface area contributed by atoms with E-state index in [-0.39, 0.29) is 0 Å². The van der Waals surface area contributed by atoms with Crippen molar-refractivity contribution in [3.05, 3.63) is 83.2 Å². The summed E-state index contributed by atoms with van der Waals surface area (Å²) in [6.07, 6.45) is 10.5. The molecule has 4 heteroatoms. The fourth-order valence-corrected chi connectivity index (χ4v) is 3.44. The molecule has 0 unspecified atom stereocenters. The maximum absolute atomic E-state index is 6.97. The summed E-state index contributed by atoms with van der Waals surface area (Å²) in [5.41, 5.74) is 10.8. The molecule has 0 atom stereocenters. The Bertz CT molecular complexity index is 753. The van der Waals surface area contributed by atoms with Gasteiger partial charge in [-0.2, -0.15) is 0 Å². The third-order valence-corrected chi connectivity index (χ3v) is 5.21. The number of nitrogens with two attached hydrogens (primary N) is 1. The molecule has 3 rings (SSSR count). The van der Waals surface area contributed by atoms with Crippen LogP contribution in [0.1, 0.15) is 61.8 Å². The van der Waals surface area contributed by atoms with Gasteiger partial charge < -0.3 is 0 Å². The molecule has 0 aliphatic carbocycles. The number of aromatic nitrogens is 3. The van der Waals surface area contributed by atoms with Crippen LogP contribution in [0.15, 0.2) is 60.9 Å². The molecule has 1 aromatic heterocycles. The van der Waals surface area contributed by atoms with Gasteiger partial charge in [0.25, 0.3) is 0 Å². The molecule has 0 spiro atoms. The van der Waals surface area contributed by atoms with Crippen molar-refractivity contribution in [2.24, 2.45) is 5.73 Å². The molecule has 0 amide bonds. The SMILES string of the molecule is CCCCc1ccc(C(N)(c2ccc(CCCC)cc2)n2ccnn2)cc1.